The first-order chi connectivity index (χ1) is 9.71. The molecule has 0 unspecified atom stereocenters. The van der Waals surface area contributed by atoms with E-state index in [2.05, 4.69) is 20.8 Å². The summed E-state index contributed by atoms with van der Waals surface area (Å²) in [6, 6.07) is 0. The van der Waals surface area contributed by atoms with Crippen LogP contribution in [0.2, 0.25) is 0 Å². The van der Waals surface area contributed by atoms with Crippen molar-refractivity contribution < 1.29 is 9.53 Å². The highest BCUT2D eigenvalue weighted by atomic mass is 16.5. The van der Waals surface area contributed by atoms with Gasteiger partial charge in [-0.2, -0.15) is 0 Å². The second-order valence-electron chi connectivity index (χ2n) is 5.40. The SMILES string of the molecule is CCCCCCCCCOC(=O)C(CC)=C(CC)CC. The van der Waals surface area contributed by atoms with Gasteiger partial charge in [-0.15, -0.1) is 0 Å². The molecule has 0 amide bonds. The predicted molar refractivity (Wildman–Crippen MR) is 86.9 cm³/mol. The molecule has 0 aromatic rings. The Hall–Kier alpha value is -0.790. The Morgan fingerprint density at radius 2 is 1.30 bits per heavy atom. The molecule has 0 N–H and O–H groups in total. The molecule has 0 aromatic carbocycles. The number of carbonyl (C=O) groups is 1. The highest BCUT2D eigenvalue weighted by molar-refractivity contribution is 5.89. The monoisotopic (exact) mass is 282 g/mol. The summed E-state index contributed by atoms with van der Waals surface area (Å²) < 4.78 is 5.41. The van der Waals surface area contributed by atoms with Crippen LogP contribution in [0.25, 0.3) is 0 Å². The van der Waals surface area contributed by atoms with Crippen molar-refractivity contribution >= 4 is 5.97 Å². The molecule has 0 fully saturated rings. The molecule has 0 aliphatic carbocycles. The molecule has 118 valence electrons. The molecular formula is C18H34O2. The topological polar surface area (TPSA) is 26.3 Å². The Morgan fingerprint density at radius 3 is 1.80 bits per heavy atom. The molecule has 0 aromatic heterocycles. The molecule has 0 heterocycles. The van der Waals surface area contributed by atoms with E-state index < -0.39 is 0 Å². The highest BCUT2D eigenvalue weighted by Gasteiger charge is 2.12. The van der Waals surface area contributed by atoms with E-state index in [1.54, 1.807) is 0 Å². The number of carbonyl (C=O) groups excluding carboxylic acids is 1. The van der Waals surface area contributed by atoms with Gasteiger partial charge in [-0.05, 0) is 25.7 Å². The largest absolute Gasteiger partial charge is 0.462 e. The van der Waals surface area contributed by atoms with Gasteiger partial charge in [-0.3, -0.25) is 0 Å². The molecule has 20 heavy (non-hydrogen) atoms. The van der Waals surface area contributed by atoms with Gasteiger partial charge in [-0.25, -0.2) is 4.79 Å². The van der Waals surface area contributed by atoms with Crippen LogP contribution in [0.3, 0.4) is 0 Å². The maximum absolute atomic E-state index is 12.0. The molecular weight excluding hydrogens is 248 g/mol. The summed E-state index contributed by atoms with van der Waals surface area (Å²) in [7, 11) is 0. The van der Waals surface area contributed by atoms with Crippen molar-refractivity contribution in [2.24, 2.45) is 0 Å². The minimum absolute atomic E-state index is 0.0859. The van der Waals surface area contributed by atoms with E-state index in [9.17, 15) is 4.79 Å². The molecule has 0 bridgehead atoms. The minimum Gasteiger partial charge on any atom is -0.462 e. The van der Waals surface area contributed by atoms with Crippen LogP contribution in [0, 0.1) is 0 Å². The Kier molecular flexibility index (Phi) is 12.7. The molecule has 0 rings (SSSR count). The van der Waals surface area contributed by atoms with Gasteiger partial charge in [-0.1, -0.05) is 71.8 Å². The van der Waals surface area contributed by atoms with Crippen molar-refractivity contribution in [1.82, 2.24) is 0 Å². The summed E-state index contributed by atoms with van der Waals surface area (Å²) in [4.78, 5) is 12.0. The maximum Gasteiger partial charge on any atom is 0.333 e. The number of hydrogen-bond acceptors (Lipinski definition) is 2. The Balaban J connectivity index is 3.84. The number of allylic oxidation sites excluding steroid dienone is 1. The molecule has 2 heteroatoms. The zero-order valence-electron chi connectivity index (χ0n) is 14.1. The third kappa shape index (κ3) is 8.39. The van der Waals surface area contributed by atoms with Gasteiger partial charge in [0, 0.05) is 5.57 Å². The van der Waals surface area contributed by atoms with E-state index in [4.69, 9.17) is 4.74 Å². The molecule has 0 radical (unpaired) electrons. The molecule has 0 atom stereocenters. The third-order valence-corrected chi connectivity index (χ3v) is 3.86. The van der Waals surface area contributed by atoms with Crippen molar-refractivity contribution in [1.29, 1.82) is 0 Å². The Bertz CT molecular complexity index is 273. The quantitative estimate of drug-likeness (QED) is 0.256. The number of hydrogen-bond donors (Lipinski definition) is 0. The average Bonchev–Trinajstić information content (AvgIpc) is 2.47. The van der Waals surface area contributed by atoms with Crippen LogP contribution in [0.4, 0.5) is 0 Å². The normalized spacial score (nSPS) is 10.4. The van der Waals surface area contributed by atoms with Crippen molar-refractivity contribution in [3.8, 4) is 0 Å². The minimum atomic E-state index is -0.0859. The van der Waals surface area contributed by atoms with Gasteiger partial charge >= 0.3 is 5.97 Å². The van der Waals surface area contributed by atoms with E-state index in [1.165, 1.54) is 44.1 Å². The van der Waals surface area contributed by atoms with Crippen molar-refractivity contribution in [3.63, 3.8) is 0 Å². The Morgan fingerprint density at radius 1 is 0.750 bits per heavy atom. The fourth-order valence-corrected chi connectivity index (χ4v) is 2.53. The molecule has 0 aliphatic rings. The smallest absolute Gasteiger partial charge is 0.333 e. The van der Waals surface area contributed by atoms with Gasteiger partial charge in [0.25, 0.3) is 0 Å². The maximum atomic E-state index is 12.0. The van der Waals surface area contributed by atoms with Crippen molar-refractivity contribution in [3.05, 3.63) is 11.1 Å². The fraction of sp³-hybridized carbons (Fsp3) is 0.833. The first-order valence-corrected chi connectivity index (χ1v) is 8.59. The number of ether oxygens (including phenoxy) is 1. The molecule has 0 spiro atoms. The molecule has 0 saturated heterocycles. The molecule has 0 aliphatic heterocycles. The summed E-state index contributed by atoms with van der Waals surface area (Å²) >= 11 is 0. The molecule has 2 nitrogen and oxygen atoms in total. The van der Waals surface area contributed by atoms with Crippen LogP contribution in [0.1, 0.15) is 91.9 Å². The van der Waals surface area contributed by atoms with E-state index in [0.717, 1.165) is 31.3 Å². The second-order valence-corrected chi connectivity index (χ2v) is 5.40. The molecule has 0 saturated carbocycles. The summed E-state index contributed by atoms with van der Waals surface area (Å²) in [5, 5.41) is 0. The summed E-state index contributed by atoms with van der Waals surface area (Å²) in [5.41, 5.74) is 2.15. The Labute approximate surface area is 126 Å². The van der Waals surface area contributed by atoms with Crippen LogP contribution in [0.15, 0.2) is 11.1 Å². The summed E-state index contributed by atoms with van der Waals surface area (Å²) in [6.45, 7) is 9.07. The average molecular weight is 282 g/mol. The van der Waals surface area contributed by atoms with Crippen molar-refractivity contribution in [2.45, 2.75) is 91.9 Å². The van der Waals surface area contributed by atoms with Crippen LogP contribution < -0.4 is 0 Å². The first-order valence-electron chi connectivity index (χ1n) is 8.59. The number of unbranched alkanes of at least 4 members (excludes halogenated alkanes) is 6. The van der Waals surface area contributed by atoms with Crippen LogP contribution in [-0.4, -0.2) is 12.6 Å². The summed E-state index contributed by atoms with van der Waals surface area (Å²) in [6.07, 6.45) is 11.4. The van der Waals surface area contributed by atoms with Gasteiger partial charge in [0.05, 0.1) is 6.61 Å². The lowest BCUT2D eigenvalue weighted by molar-refractivity contribution is -0.139. The van der Waals surface area contributed by atoms with Crippen LogP contribution in [-0.2, 0) is 9.53 Å². The lowest BCUT2D eigenvalue weighted by Crippen LogP contribution is -2.11. The van der Waals surface area contributed by atoms with Crippen LogP contribution >= 0.6 is 0 Å². The van der Waals surface area contributed by atoms with E-state index >= 15 is 0 Å². The van der Waals surface area contributed by atoms with Gasteiger partial charge in [0.15, 0.2) is 0 Å². The van der Waals surface area contributed by atoms with E-state index in [1.807, 2.05) is 6.92 Å². The van der Waals surface area contributed by atoms with Gasteiger partial charge in [0.2, 0.25) is 0 Å². The number of rotatable bonds is 12. The van der Waals surface area contributed by atoms with Crippen LogP contribution in [0.5, 0.6) is 0 Å². The number of esters is 1. The summed E-state index contributed by atoms with van der Waals surface area (Å²) in [5.74, 6) is -0.0859. The fourth-order valence-electron chi connectivity index (χ4n) is 2.53. The highest BCUT2D eigenvalue weighted by Crippen LogP contribution is 2.17. The van der Waals surface area contributed by atoms with E-state index in [0.29, 0.717) is 6.61 Å². The van der Waals surface area contributed by atoms with Gasteiger partial charge in [0.1, 0.15) is 0 Å². The second kappa shape index (κ2) is 13.2. The lowest BCUT2D eigenvalue weighted by Gasteiger charge is -2.11. The van der Waals surface area contributed by atoms with Gasteiger partial charge < -0.3 is 4.74 Å². The zero-order valence-corrected chi connectivity index (χ0v) is 14.1. The predicted octanol–water partition coefficient (Wildman–Crippen LogP) is 5.81. The van der Waals surface area contributed by atoms with E-state index in [-0.39, 0.29) is 5.97 Å². The zero-order chi connectivity index (χ0) is 15.2. The first kappa shape index (κ1) is 19.2. The third-order valence-electron chi connectivity index (χ3n) is 3.86. The standard InChI is InChI=1S/C18H34O2/c1-5-9-10-11-12-13-14-15-20-18(19)17(8-4)16(6-2)7-3/h5-15H2,1-4H3. The van der Waals surface area contributed by atoms with Crippen molar-refractivity contribution in [2.75, 3.05) is 6.61 Å². The lowest BCUT2D eigenvalue weighted by atomic mass is 10.0.